The van der Waals surface area contributed by atoms with Crippen molar-refractivity contribution in [3.8, 4) is 0 Å². The number of likely N-dealkylation sites (N-methyl/N-ethyl adjacent to an activating group) is 1. The van der Waals surface area contributed by atoms with Crippen LogP contribution in [0.1, 0.15) is 46.0 Å². The van der Waals surface area contributed by atoms with E-state index in [1.165, 1.54) is 0 Å². The van der Waals surface area contributed by atoms with Gasteiger partial charge in [0.2, 0.25) is 0 Å². The van der Waals surface area contributed by atoms with E-state index >= 15 is 0 Å². The number of aliphatic carboxylic acids is 1. The average Bonchev–Trinajstić information content (AvgIpc) is 2.63. The highest BCUT2D eigenvalue weighted by Gasteiger charge is 2.31. The van der Waals surface area contributed by atoms with E-state index in [4.69, 9.17) is 4.74 Å². The number of carbonyl (C=O) groups excluding carboxylic acids is 1. The molecule has 1 saturated carbocycles. The molecule has 1 aliphatic rings. The summed E-state index contributed by atoms with van der Waals surface area (Å²) in [4.78, 5) is 25.0. The SMILES string of the molecule is CC(C)OCCN(C)C(=O)NC1CCCCCC1C(=O)O. The zero-order chi connectivity index (χ0) is 15.8. The van der Waals surface area contributed by atoms with Crippen LogP contribution < -0.4 is 5.32 Å². The highest BCUT2D eigenvalue weighted by atomic mass is 16.5. The Hall–Kier alpha value is -1.30. The lowest BCUT2D eigenvalue weighted by atomic mass is 9.95. The minimum absolute atomic E-state index is 0.139. The van der Waals surface area contributed by atoms with Crippen LogP contribution in [0.25, 0.3) is 0 Å². The monoisotopic (exact) mass is 300 g/mol. The van der Waals surface area contributed by atoms with E-state index in [1.807, 2.05) is 13.8 Å². The summed E-state index contributed by atoms with van der Waals surface area (Å²) in [5.41, 5.74) is 0. The van der Waals surface area contributed by atoms with Gasteiger partial charge in [-0.1, -0.05) is 19.3 Å². The number of amides is 2. The predicted molar refractivity (Wildman–Crippen MR) is 80.2 cm³/mol. The molecule has 1 rings (SSSR count). The average molecular weight is 300 g/mol. The first-order valence-corrected chi connectivity index (χ1v) is 7.78. The second-order valence-electron chi connectivity index (χ2n) is 5.98. The molecule has 2 unspecified atom stereocenters. The number of carboxylic acid groups (broad SMARTS) is 1. The number of hydrogen-bond acceptors (Lipinski definition) is 3. The Morgan fingerprint density at radius 1 is 1.29 bits per heavy atom. The Morgan fingerprint density at radius 2 is 1.95 bits per heavy atom. The van der Waals surface area contributed by atoms with Gasteiger partial charge in [0, 0.05) is 19.6 Å². The minimum Gasteiger partial charge on any atom is -0.481 e. The van der Waals surface area contributed by atoms with Crippen molar-refractivity contribution in [3.05, 3.63) is 0 Å². The summed E-state index contributed by atoms with van der Waals surface area (Å²) in [6, 6.07) is -0.494. The van der Waals surface area contributed by atoms with E-state index in [2.05, 4.69) is 5.32 Å². The number of rotatable bonds is 6. The van der Waals surface area contributed by atoms with E-state index in [1.54, 1.807) is 11.9 Å². The molecular formula is C15H28N2O4. The molecule has 1 fully saturated rings. The van der Waals surface area contributed by atoms with Crippen LogP contribution in [0.15, 0.2) is 0 Å². The summed E-state index contributed by atoms with van der Waals surface area (Å²) >= 11 is 0. The maximum atomic E-state index is 12.1. The Balaban J connectivity index is 2.47. The van der Waals surface area contributed by atoms with Gasteiger partial charge in [0.05, 0.1) is 18.6 Å². The topological polar surface area (TPSA) is 78.9 Å². The van der Waals surface area contributed by atoms with Crippen LogP contribution in [0.3, 0.4) is 0 Å². The fraction of sp³-hybridized carbons (Fsp3) is 0.867. The molecule has 2 atom stereocenters. The molecule has 0 aromatic heterocycles. The molecule has 0 spiro atoms. The summed E-state index contributed by atoms with van der Waals surface area (Å²) in [6.07, 6.45) is 4.43. The third-order valence-electron chi connectivity index (χ3n) is 3.87. The Morgan fingerprint density at radius 3 is 2.57 bits per heavy atom. The molecule has 0 saturated heterocycles. The number of carbonyl (C=O) groups is 2. The first-order valence-electron chi connectivity index (χ1n) is 7.78. The van der Waals surface area contributed by atoms with Gasteiger partial charge in [-0.15, -0.1) is 0 Å². The normalized spacial score (nSPS) is 22.7. The van der Waals surface area contributed by atoms with Crippen LogP contribution in [-0.2, 0) is 9.53 Å². The van der Waals surface area contributed by atoms with E-state index in [9.17, 15) is 14.7 Å². The van der Waals surface area contributed by atoms with Crippen LogP contribution in [-0.4, -0.2) is 54.4 Å². The molecule has 0 aromatic carbocycles. The first kappa shape index (κ1) is 17.8. The lowest BCUT2D eigenvalue weighted by Gasteiger charge is -2.26. The zero-order valence-electron chi connectivity index (χ0n) is 13.3. The van der Waals surface area contributed by atoms with E-state index in [-0.39, 0.29) is 18.2 Å². The molecule has 0 heterocycles. The van der Waals surface area contributed by atoms with Gasteiger partial charge in [0.1, 0.15) is 0 Å². The Kier molecular flexibility index (Phi) is 7.50. The molecule has 2 amide bonds. The second-order valence-corrected chi connectivity index (χ2v) is 5.98. The van der Waals surface area contributed by atoms with Crippen LogP contribution in [0.5, 0.6) is 0 Å². The maximum Gasteiger partial charge on any atom is 0.317 e. The van der Waals surface area contributed by atoms with Crippen molar-refractivity contribution in [2.45, 2.75) is 58.1 Å². The highest BCUT2D eigenvalue weighted by molar-refractivity contribution is 5.76. The zero-order valence-corrected chi connectivity index (χ0v) is 13.3. The number of ether oxygens (including phenoxy) is 1. The predicted octanol–water partition coefficient (Wildman–Crippen LogP) is 2.09. The van der Waals surface area contributed by atoms with Gasteiger partial charge < -0.3 is 20.1 Å². The van der Waals surface area contributed by atoms with Gasteiger partial charge in [-0.05, 0) is 26.7 Å². The van der Waals surface area contributed by atoms with Crippen molar-refractivity contribution >= 4 is 12.0 Å². The van der Waals surface area contributed by atoms with Crippen molar-refractivity contribution in [1.82, 2.24) is 10.2 Å². The lowest BCUT2D eigenvalue weighted by molar-refractivity contribution is -0.142. The Bertz CT molecular complexity index is 347. The molecule has 0 bridgehead atoms. The highest BCUT2D eigenvalue weighted by Crippen LogP contribution is 2.24. The lowest BCUT2D eigenvalue weighted by Crippen LogP contribution is -2.48. The largest absolute Gasteiger partial charge is 0.481 e. The van der Waals surface area contributed by atoms with Gasteiger partial charge >= 0.3 is 12.0 Å². The molecule has 0 radical (unpaired) electrons. The van der Waals surface area contributed by atoms with E-state index < -0.39 is 11.9 Å². The number of urea groups is 1. The van der Waals surface area contributed by atoms with Crippen molar-refractivity contribution in [1.29, 1.82) is 0 Å². The maximum absolute atomic E-state index is 12.1. The van der Waals surface area contributed by atoms with Crippen LogP contribution in [0.2, 0.25) is 0 Å². The fourth-order valence-corrected chi connectivity index (χ4v) is 2.57. The third-order valence-corrected chi connectivity index (χ3v) is 3.87. The van der Waals surface area contributed by atoms with Crippen molar-refractivity contribution in [3.63, 3.8) is 0 Å². The molecule has 6 nitrogen and oxygen atoms in total. The molecule has 21 heavy (non-hydrogen) atoms. The quantitative estimate of drug-likeness (QED) is 0.736. The molecule has 6 heteroatoms. The van der Waals surface area contributed by atoms with Gasteiger partial charge in [0.25, 0.3) is 0 Å². The van der Waals surface area contributed by atoms with Crippen molar-refractivity contribution in [2.24, 2.45) is 5.92 Å². The summed E-state index contributed by atoms with van der Waals surface area (Å²) in [5.74, 6) is -1.29. The van der Waals surface area contributed by atoms with Crippen molar-refractivity contribution < 1.29 is 19.4 Å². The van der Waals surface area contributed by atoms with Crippen molar-refractivity contribution in [2.75, 3.05) is 20.2 Å². The van der Waals surface area contributed by atoms with Gasteiger partial charge in [0.15, 0.2) is 0 Å². The smallest absolute Gasteiger partial charge is 0.317 e. The fourth-order valence-electron chi connectivity index (χ4n) is 2.57. The Labute approximate surface area is 126 Å². The molecule has 2 N–H and O–H groups in total. The standard InChI is InChI=1S/C15H28N2O4/c1-11(2)21-10-9-17(3)15(20)16-13-8-6-4-5-7-12(13)14(18)19/h11-13H,4-10H2,1-3H3,(H,16,20)(H,18,19). The van der Waals surface area contributed by atoms with Gasteiger partial charge in [-0.2, -0.15) is 0 Å². The van der Waals surface area contributed by atoms with E-state index in [0.29, 0.717) is 19.6 Å². The van der Waals surface area contributed by atoms with Crippen LogP contribution in [0.4, 0.5) is 4.79 Å². The number of carboxylic acids is 1. The molecule has 0 aliphatic heterocycles. The third kappa shape index (κ3) is 6.33. The molecular weight excluding hydrogens is 272 g/mol. The van der Waals surface area contributed by atoms with Crippen LogP contribution in [0, 0.1) is 5.92 Å². The molecule has 122 valence electrons. The summed E-state index contributed by atoms with van der Waals surface area (Å²) in [5, 5.41) is 12.2. The number of nitrogens with zero attached hydrogens (tertiary/aromatic N) is 1. The number of hydrogen-bond donors (Lipinski definition) is 2. The first-order chi connectivity index (χ1) is 9.91. The molecule has 1 aliphatic carbocycles. The second kappa shape index (κ2) is 8.87. The summed E-state index contributed by atoms with van der Waals surface area (Å²) in [7, 11) is 1.70. The number of nitrogens with one attached hydrogen (secondary N) is 1. The van der Waals surface area contributed by atoms with Gasteiger partial charge in [-0.25, -0.2) is 4.79 Å². The van der Waals surface area contributed by atoms with Gasteiger partial charge in [-0.3, -0.25) is 4.79 Å². The summed E-state index contributed by atoms with van der Waals surface area (Å²) in [6.45, 7) is 4.87. The molecule has 0 aromatic rings. The van der Waals surface area contributed by atoms with E-state index in [0.717, 1.165) is 25.7 Å². The van der Waals surface area contributed by atoms with Crippen LogP contribution >= 0.6 is 0 Å². The minimum atomic E-state index is -0.812. The summed E-state index contributed by atoms with van der Waals surface area (Å²) < 4.78 is 5.42.